The highest BCUT2D eigenvalue weighted by Crippen LogP contribution is 2.30. The van der Waals surface area contributed by atoms with E-state index in [4.69, 9.17) is 4.98 Å². The van der Waals surface area contributed by atoms with Crippen LogP contribution in [0.1, 0.15) is 79.2 Å². The number of benzene rings is 3. The van der Waals surface area contributed by atoms with Crippen molar-refractivity contribution in [2.45, 2.75) is 47.2 Å². The average molecular weight is 577 g/mol. The monoisotopic (exact) mass is 576 g/mol. The average Bonchev–Trinajstić information content (AvgIpc) is 3.25. The SMILES string of the molecule is Cc1ccc(C(=O)N(CCN2C(=O)c3ccccc3C2=O)[C@@H](c2nc(C)c(C)c(=O)n2Cc2ccccc2)C(C)C)cc1. The molecule has 43 heavy (non-hydrogen) atoms. The van der Waals surface area contributed by atoms with Crippen molar-refractivity contribution in [2.24, 2.45) is 5.92 Å². The Morgan fingerprint density at radius 3 is 1.98 bits per heavy atom. The van der Waals surface area contributed by atoms with E-state index >= 15 is 0 Å². The lowest BCUT2D eigenvalue weighted by molar-refractivity contribution is 0.0509. The van der Waals surface area contributed by atoms with E-state index in [-0.39, 0.29) is 48.8 Å². The molecule has 0 N–H and O–H groups in total. The molecule has 220 valence electrons. The number of fused-ring (bicyclic) bond motifs is 1. The van der Waals surface area contributed by atoms with Crippen molar-refractivity contribution in [3.05, 3.63) is 134 Å². The number of aryl methyl sites for hydroxylation is 2. The molecule has 0 fully saturated rings. The lowest BCUT2D eigenvalue weighted by atomic mass is 9.98. The molecule has 0 saturated carbocycles. The number of nitrogens with zero attached hydrogens (tertiary/aromatic N) is 4. The van der Waals surface area contributed by atoms with Crippen LogP contribution in [-0.4, -0.2) is 50.2 Å². The van der Waals surface area contributed by atoms with Crippen LogP contribution in [0, 0.1) is 26.7 Å². The predicted molar refractivity (Wildman–Crippen MR) is 165 cm³/mol. The summed E-state index contributed by atoms with van der Waals surface area (Å²) in [7, 11) is 0. The smallest absolute Gasteiger partial charge is 0.261 e. The molecule has 8 heteroatoms. The molecule has 0 saturated heterocycles. The molecular weight excluding hydrogens is 540 g/mol. The summed E-state index contributed by atoms with van der Waals surface area (Å²) >= 11 is 0. The van der Waals surface area contributed by atoms with Crippen molar-refractivity contribution < 1.29 is 14.4 Å². The Labute approximate surface area is 251 Å². The van der Waals surface area contributed by atoms with E-state index in [1.165, 1.54) is 4.90 Å². The summed E-state index contributed by atoms with van der Waals surface area (Å²) in [6, 6.07) is 23.1. The summed E-state index contributed by atoms with van der Waals surface area (Å²) in [5.41, 5.74) is 4.11. The molecule has 1 aliphatic heterocycles. The van der Waals surface area contributed by atoms with Crippen LogP contribution in [0.3, 0.4) is 0 Å². The van der Waals surface area contributed by atoms with Gasteiger partial charge in [-0.2, -0.15) is 0 Å². The van der Waals surface area contributed by atoms with E-state index in [9.17, 15) is 19.2 Å². The van der Waals surface area contributed by atoms with Gasteiger partial charge in [0.05, 0.1) is 23.7 Å². The second-order valence-corrected chi connectivity index (χ2v) is 11.4. The van der Waals surface area contributed by atoms with Gasteiger partial charge in [-0.3, -0.25) is 28.6 Å². The summed E-state index contributed by atoms with van der Waals surface area (Å²) in [4.78, 5) is 62.2. The van der Waals surface area contributed by atoms with Crippen molar-refractivity contribution in [1.29, 1.82) is 0 Å². The molecule has 2 heterocycles. The van der Waals surface area contributed by atoms with Gasteiger partial charge >= 0.3 is 0 Å². The Balaban J connectivity index is 1.60. The second kappa shape index (κ2) is 12.2. The van der Waals surface area contributed by atoms with E-state index in [0.717, 1.165) is 11.1 Å². The van der Waals surface area contributed by atoms with Gasteiger partial charge in [0.25, 0.3) is 23.3 Å². The Morgan fingerprint density at radius 1 is 0.814 bits per heavy atom. The minimum Gasteiger partial charge on any atom is -0.326 e. The molecule has 1 aliphatic rings. The maximum atomic E-state index is 14.3. The molecule has 0 aliphatic carbocycles. The zero-order chi connectivity index (χ0) is 30.8. The van der Waals surface area contributed by atoms with Crippen LogP contribution < -0.4 is 5.56 Å². The summed E-state index contributed by atoms with van der Waals surface area (Å²) in [6.07, 6.45) is 0. The van der Waals surface area contributed by atoms with Gasteiger partial charge in [-0.05, 0) is 56.5 Å². The number of aromatic nitrogens is 2. The number of carbonyl (C=O) groups excluding carboxylic acids is 3. The van der Waals surface area contributed by atoms with Gasteiger partial charge in [-0.1, -0.05) is 74.0 Å². The van der Waals surface area contributed by atoms with Crippen LogP contribution in [0.25, 0.3) is 0 Å². The van der Waals surface area contributed by atoms with Gasteiger partial charge in [0.2, 0.25) is 0 Å². The first-order valence-corrected chi connectivity index (χ1v) is 14.5. The largest absolute Gasteiger partial charge is 0.326 e. The second-order valence-electron chi connectivity index (χ2n) is 11.4. The fourth-order valence-corrected chi connectivity index (χ4v) is 5.60. The molecule has 1 aromatic heterocycles. The van der Waals surface area contributed by atoms with E-state index < -0.39 is 6.04 Å². The van der Waals surface area contributed by atoms with E-state index in [1.807, 2.05) is 63.2 Å². The third-order valence-corrected chi connectivity index (χ3v) is 8.08. The molecule has 3 amide bonds. The normalized spacial score (nSPS) is 13.4. The molecule has 0 unspecified atom stereocenters. The molecule has 5 rings (SSSR count). The maximum absolute atomic E-state index is 14.3. The predicted octanol–water partition coefficient (Wildman–Crippen LogP) is 5.35. The number of hydrogen-bond donors (Lipinski definition) is 0. The minimum absolute atomic E-state index is 0.000922. The van der Waals surface area contributed by atoms with Gasteiger partial charge in [0.1, 0.15) is 5.82 Å². The van der Waals surface area contributed by atoms with Crippen LogP contribution in [0.15, 0.2) is 83.7 Å². The van der Waals surface area contributed by atoms with Crippen LogP contribution in [-0.2, 0) is 6.54 Å². The number of imide groups is 1. The highest BCUT2D eigenvalue weighted by atomic mass is 16.2. The Hall–Kier alpha value is -4.85. The third kappa shape index (κ3) is 5.78. The van der Waals surface area contributed by atoms with Crippen LogP contribution in [0.5, 0.6) is 0 Å². The van der Waals surface area contributed by atoms with E-state index in [0.29, 0.717) is 33.8 Å². The highest BCUT2D eigenvalue weighted by Gasteiger charge is 2.38. The maximum Gasteiger partial charge on any atom is 0.261 e. The summed E-state index contributed by atoms with van der Waals surface area (Å²) in [6.45, 7) is 9.83. The first kappa shape index (κ1) is 29.6. The molecule has 0 radical (unpaired) electrons. The lowest BCUT2D eigenvalue weighted by Gasteiger charge is -2.36. The lowest BCUT2D eigenvalue weighted by Crippen LogP contribution is -2.46. The van der Waals surface area contributed by atoms with E-state index in [2.05, 4.69) is 0 Å². The first-order valence-electron chi connectivity index (χ1n) is 14.5. The highest BCUT2D eigenvalue weighted by molar-refractivity contribution is 6.21. The van der Waals surface area contributed by atoms with Crippen molar-refractivity contribution in [3.63, 3.8) is 0 Å². The number of amides is 3. The first-order chi connectivity index (χ1) is 20.6. The molecule has 8 nitrogen and oxygen atoms in total. The van der Waals surface area contributed by atoms with Gasteiger partial charge in [-0.25, -0.2) is 4.98 Å². The van der Waals surface area contributed by atoms with Crippen LogP contribution in [0.2, 0.25) is 0 Å². The van der Waals surface area contributed by atoms with Crippen molar-refractivity contribution in [3.8, 4) is 0 Å². The molecule has 0 spiro atoms. The Morgan fingerprint density at radius 2 is 1.40 bits per heavy atom. The van der Waals surface area contributed by atoms with Crippen LogP contribution in [0.4, 0.5) is 0 Å². The quantitative estimate of drug-likeness (QED) is 0.251. The van der Waals surface area contributed by atoms with Crippen molar-refractivity contribution in [1.82, 2.24) is 19.4 Å². The molecule has 0 bridgehead atoms. The van der Waals surface area contributed by atoms with Crippen molar-refractivity contribution in [2.75, 3.05) is 13.1 Å². The van der Waals surface area contributed by atoms with Gasteiger partial charge in [0, 0.05) is 29.9 Å². The Bertz CT molecular complexity index is 1710. The number of carbonyl (C=O) groups is 3. The van der Waals surface area contributed by atoms with Gasteiger partial charge in [-0.15, -0.1) is 0 Å². The Kier molecular flexibility index (Phi) is 8.39. The standard InChI is InChI=1S/C35H36N4O4/c1-22(2)30(31-36-25(5)24(4)32(40)39(31)21-26-11-7-6-8-12-26)37(33(41)27-17-15-23(3)16-18-27)19-20-38-34(42)28-13-9-10-14-29(28)35(38)43/h6-18,22,30H,19-21H2,1-5H3/t30-/m1/s1. The fourth-order valence-electron chi connectivity index (χ4n) is 5.60. The molecule has 1 atom stereocenters. The van der Waals surface area contributed by atoms with Gasteiger partial charge < -0.3 is 4.90 Å². The minimum atomic E-state index is -0.625. The molecule has 3 aromatic carbocycles. The van der Waals surface area contributed by atoms with Gasteiger partial charge in [0.15, 0.2) is 0 Å². The van der Waals surface area contributed by atoms with Crippen molar-refractivity contribution >= 4 is 17.7 Å². The zero-order valence-corrected chi connectivity index (χ0v) is 25.2. The summed E-state index contributed by atoms with van der Waals surface area (Å²) < 4.78 is 1.65. The molecular formula is C35H36N4O4. The molecule has 4 aromatic rings. The number of rotatable bonds is 9. The number of hydrogen-bond acceptors (Lipinski definition) is 5. The summed E-state index contributed by atoms with van der Waals surface area (Å²) in [5, 5.41) is 0. The summed E-state index contributed by atoms with van der Waals surface area (Å²) in [5.74, 6) is -0.721. The van der Waals surface area contributed by atoms with Crippen LogP contribution >= 0.6 is 0 Å². The third-order valence-electron chi connectivity index (χ3n) is 8.08. The van der Waals surface area contributed by atoms with E-state index in [1.54, 1.807) is 59.7 Å². The topological polar surface area (TPSA) is 92.6 Å². The fraction of sp³-hybridized carbons (Fsp3) is 0.286. The zero-order valence-electron chi connectivity index (χ0n) is 25.2.